The van der Waals surface area contributed by atoms with E-state index in [1.165, 1.54) is 0 Å². The van der Waals surface area contributed by atoms with Crippen molar-refractivity contribution in [1.82, 2.24) is 15.1 Å². The number of carbonyl (C=O) groups is 2. The van der Waals surface area contributed by atoms with Gasteiger partial charge in [0.25, 0.3) is 5.91 Å². The number of urea groups is 1. The van der Waals surface area contributed by atoms with Crippen LogP contribution in [0.1, 0.15) is 32.6 Å². The molecule has 2 aliphatic heterocycles. The Balaban J connectivity index is 1.98. The van der Waals surface area contributed by atoms with Crippen LogP contribution in [-0.2, 0) is 4.79 Å². The number of rotatable bonds is 4. The van der Waals surface area contributed by atoms with Gasteiger partial charge in [-0.05, 0) is 25.8 Å². The number of nitrogens with one attached hydrogen (secondary N) is 1. The van der Waals surface area contributed by atoms with E-state index in [9.17, 15) is 9.59 Å². The predicted octanol–water partition coefficient (Wildman–Crippen LogP) is 0.696. The number of imide groups is 1. The van der Waals surface area contributed by atoms with Crippen LogP contribution in [-0.4, -0.2) is 53.5 Å². The maximum Gasteiger partial charge on any atom is 0.325 e. The van der Waals surface area contributed by atoms with Crippen molar-refractivity contribution in [3.8, 4) is 6.07 Å². The summed E-state index contributed by atoms with van der Waals surface area (Å²) < 4.78 is 0. The lowest BCUT2D eigenvalue weighted by molar-refractivity contribution is -0.132. The molecule has 6 nitrogen and oxygen atoms in total. The molecule has 6 heteroatoms. The van der Waals surface area contributed by atoms with Gasteiger partial charge in [-0.15, -0.1) is 0 Å². The smallest absolute Gasteiger partial charge is 0.323 e. The Kier molecular flexibility index (Phi) is 4.05. The van der Waals surface area contributed by atoms with Crippen molar-refractivity contribution in [2.45, 2.75) is 38.1 Å². The Bertz CT molecular complexity index is 407. The molecule has 0 aromatic rings. The van der Waals surface area contributed by atoms with E-state index in [2.05, 4.69) is 17.1 Å². The van der Waals surface area contributed by atoms with Crippen molar-refractivity contribution in [2.24, 2.45) is 0 Å². The van der Waals surface area contributed by atoms with Gasteiger partial charge in [-0.1, -0.05) is 13.3 Å². The molecule has 0 aliphatic carbocycles. The van der Waals surface area contributed by atoms with Gasteiger partial charge in [0.2, 0.25) is 0 Å². The first-order valence-corrected chi connectivity index (χ1v) is 6.86. The number of hydrogen-bond acceptors (Lipinski definition) is 4. The van der Waals surface area contributed by atoms with Crippen LogP contribution in [0.2, 0.25) is 0 Å². The SMILES string of the molecule is CCCCN1CCC2(CC1)NC(=O)N(CC#N)C2=O. The number of likely N-dealkylation sites (tertiary alicyclic amines) is 1. The molecule has 2 saturated heterocycles. The first kappa shape index (κ1) is 13.8. The van der Waals surface area contributed by atoms with E-state index in [1.807, 2.05) is 6.07 Å². The van der Waals surface area contributed by atoms with Gasteiger partial charge in [0.15, 0.2) is 0 Å². The second-order valence-electron chi connectivity index (χ2n) is 5.26. The lowest BCUT2D eigenvalue weighted by atomic mass is 9.87. The maximum atomic E-state index is 12.3. The fourth-order valence-corrected chi connectivity index (χ4v) is 2.77. The van der Waals surface area contributed by atoms with Gasteiger partial charge in [0, 0.05) is 13.1 Å². The summed E-state index contributed by atoms with van der Waals surface area (Å²) in [5.41, 5.74) is -0.753. The number of nitrogens with zero attached hydrogens (tertiary/aromatic N) is 3. The summed E-state index contributed by atoms with van der Waals surface area (Å²) in [6, 6.07) is 1.44. The van der Waals surface area contributed by atoms with Crippen molar-refractivity contribution in [2.75, 3.05) is 26.2 Å². The highest BCUT2D eigenvalue weighted by atomic mass is 16.2. The third kappa shape index (κ3) is 2.56. The normalized spacial score (nSPS) is 22.6. The zero-order chi connectivity index (χ0) is 13.9. The van der Waals surface area contributed by atoms with Crippen molar-refractivity contribution in [1.29, 1.82) is 5.26 Å². The number of hydrogen-bond donors (Lipinski definition) is 1. The molecule has 2 fully saturated rings. The molecular formula is C13H20N4O2. The molecule has 104 valence electrons. The third-order valence-corrected chi connectivity index (χ3v) is 4.01. The number of amides is 3. The Morgan fingerprint density at radius 3 is 2.63 bits per heavy atom. The van der Waals surface area contributed by atoms with E-state index in [4.69, 9.17) is 5.26 Å². The molecule has 3 amide bonds. The van der Waals surface area contributed by atoms with Crippen LogP contribution >= 0.6 is 0 Å². The molecule has 1 N–H and O–H groups in total. The van der Waals surface area contributed by atoms with Gasteiger partial charge in [-0.25, -0.2) is 9.69 Å². The van der Waals surface area contributed by atoms with Gasteiger partial charge in [-0.3, -0.25) is 4.79 Å². The first-order chi connectivity index (χ1) is 9.13. The van der Waals surface area contributed by atoms with Crippen molar-refractivity contribution >= 4 is 11.9 Å². The van der Waals surface area contributed by atoms with E-state index >= 15 is 0 Å². The van der Waals surface area contributed by atoms with Crippen LogP contribution < -0.4 is 5.32 Å². The van der Waals surface area contributed by atoms with Crippen LogP contribution in [0.5, 0.6) is 0 Å². The summed E-state index contributed by atoms with van der Waals surface area (Å²) in [6.45, 7) is 4.70. The quantitative estimate of drug-likeness (QED) is 0.599. The fraction of sp³-hybridized carbons (Fsp3) is 0.769. The largest absolute Gasteiger partial charge is 0.325 e. The molecule has 19 heavy (non-hydrogen) atoms. The second-order valence-corrected chi connectivity index (χ2v) is 5.26. The first-order valence-electron chi connectivity index (χ1n) is 6.86. The summed E-state index contributed by atoms with van der Waals surface area (Å²) in [5.74, 6) is -0.228. The van der Waals surface area contributed by atoms with E-state index in [-0.39, 0.29) is 12.5 Å². The third-order valence-electron chi connectivity index (χ3n) is 4.01. The average Bonchev–Trinajstić information content (AvgIpc) is 2.63. The summed E-state index contributed by atoms with van der Waals surface area (Å²) in [5, 5.41) is 11.4. The summed E-state index contributed by atoms with van der Waals surface area (Å²) in [7, 11) is 0. The molecule has 0 atom stereocenters. The highest BCUT2D eigenvalue weighted by Gasteiger charge is 2.52. The summed E-state index contributed by atoms with van der Waals surface area (Å²) in [6.07, 6.45) is 3.60. The Morgan fingerprint density at radius 2 is 2.05 bits per heavy atom. The van der Waals surface area contributed by atoms with Gasteiger partial charge in [-0.2, -0.15) is 5.26 Å². The van der Waals surface area contributed by atoms with Crippen LogP contribution in [0.3, 0.4) is 0 Å². The summed E-state index contributed by atoms with van der Waals surface area (Å²) >= 11 is 0. The molecule has 2 rings (SSSR count). The van der Waals surface area contributed by atoms with Gasteiger partial charge in [0.05, 0.1) is 6.07 Å². The standard InChI is InChI=1S/C13H20N4O2/c1-2-3-7-16-8-4-13(5-9-16)11(18)17(10-6-14)12(19)15-13/h2-5,7-10H2,1H3,(H,15,19). The number of nitriles is 1. The maximum absolute atomic E-state index is 12.3. The van der Waals surface area contributed by atoms with Crippen LogP contribution in [0, 0.1) is 11.3 Å². The highest BCUT2D eigenvalue weighted by molar-refractivity contribution is 6.07. The molecule has 1 spiro atoms. The van der Waals surface area contributed by atoms with E-state index < -0.39 is 11.6 Å². The highest BCUT2D eigenvalue weighted by Crippen LogP contribution is 2.29. The zero-order valence-corrected chi connectivity index (χ0v) is 11.3. The minimum Gasteiger partial charge on any atom is -0.323 e. The topological polar surface area (TPSA) is 76.4 Å². The van der Waals surface area contributed by atoms with Crippen molar-refractivity contribution < 1.29 is 9.59 Å². The molecule has 0 radical (unpaired) electrons. The van der Waals surface area contributed by atoms with Crippen LogP contribution in [0.25, 0.3) is 0 Å². The number of carbonyl (C=O) groups excluding carboxylic acids is 2. The molecule has 0 aromatic heterocycles. The second kappa shape index (κ2) is 5.57. The monoisotopic (exact) mass is 264 g/mol. The van der Waals surface area contributed by atoms with Crippen LogP contribution in [0.4, 0.5) is 4.79 Å². The minimum atomic E-state index is -0.753. The Labute approximate surface area is 113 Å². The minimum absolute atomic E-state index is 0.161. The van der Waals surface area contributed by atoms with Gasteiger partial charge in [0.1, 0.15) is 12.1 Å². The summed E-state index contributed by atoms with van der Waals surface area (Å²) in [4.78, 5) is 27.4. The van der Waals surface area contributed by atoms with Crippen molar-refractivity contribution in [3.63, 3.8) is 0 Å². The van der Waals surface area contributed by atoms with Gasteiger partial charge < -0.3 is 10.2 Å². The van der Waals surface area contributed by atoms with E-state index in [1.54, 1.807) is 0 Å². The molecule has 0 bridgehead atoms. The zero-order valence-electron chi connectivity index (χ0n) is 11.3. The number of piperidine rings is 1. The lowest BCUT2D eigenvalue weighted by Gasteiger charge is -2.37. The Hall–Kier alpha value is -1.61. The van der Waals surface area contributed by atoms with Crippen LogP contribution in [0.15, 0.2) is 0 Å². The lowest BCUT2D eigenvalue weighted by Crippen LogP contribution is -2.55. The molecule has 2 heterocycles. The predicted molar refractivity (Wildman–Crippen MR) is 69.2 cm³/mol. The molecule has 2 aliphatic rings. The molecule has 0 unspecified atom stereocenters. The van der Waals surface area contributed by atoms with E-state index in [0.29, 0.717) is 12.8 Å². The Morgan fingerprint density at radius 1 is 1.37 bits per heavy atom. The van der Waals surface area contributed by atoms with Gasteiger partial charge >= 0.3 is 6.03 Å². The average molecular weight is 264 g/mol. The molecular weight excluding hydrogens is 244 g/mol. The van der Waals surface area contributed by atoms with E-state index in [0.717, 1.165) is 37.4 Å². The van der Waals surface area contributed by atoms with Crippen molar-refractivity contribution in [3.05, 3.63) is 0 Å². The fourth-order valence-electron chi connectivity index (χ4n) is 2.77. The molecule has 0 saturated carbocycles. The molecule has 0 aromatic carbocycles. The number of unbranched alkanes of at least 4 members (excludes halogenated alkanes) is 1.